The highest BCUT2D eigenvalue weighted by Gasteiger charge is 2.13. The van der Waals surface area contributed by atoms with Crippen LogP contribution in [0.5, 0.6) is 0 Å². The number of carbonyl (C=O) groups excluding carboxylic acids is 2. The van der Waals surface area contributed by atoms with E-state index in [1.165, 1.54) is 13.0 Å². The molecule has 0 radical (unpaired) electrons. The van der Waals surface area contributed by atoms with Crippen molar-refractivity contribution in [1.82, 2.24) is 0 Å². The van der Waals surface area contributed by atoms with E-state index in [4.69, 9.17) is 5.26 Å². The predicted octanol–water partition coefficient (Wildman–Crippen LogP) is 2.14. The third-order valence-electron chi connectivity index (χ3n) is 2.24. The quantitative estimate of drug-likeness (QED) is 0.556. The fourth-order valence-corrected chi connectivity index (χ4v) is 1.59. The van der Waals surface area contributed by atoms with Crippen LogP contribution in [0.25, 0.3) is 0 Å². The first-order valence-corrected chi connectivity index (χ1v) is 4.67. The summed E-state index contributed by atoms with van der Waals surface area (Å²) in [5.74, 6) is -0.140. The van der Waals surface area contributed by atoms with Crippen molar-refractivity contribution in [2.75, 3.05) is 0 Å². The maximum atomic E-state index is 11.4. The van der Waals surface area contributed by atoms with Gasteiger partial charge in [0.25, 0.3) is 0 Å². The molecule has 15 heavy (non-hydrogen) atoms. The summed E-state index contributed by atoms with van der Waals surface area (Å²) in [7, 11) is 0. The highest BCUT2D eigenvalue weighted by Crippen LogP contribution is 2.17. The number of rotatable bonds is 3. The van der Waals surface area contributed by atoms with Crippen LogP contribution >= 0.6 is 0 Å². The van der Waals surface area contributed by atoms with Gasteiger partial charge < -0.3 is 0 Å². The van der Waals surface area contributed by atoms with E-state index in [1.54, 1.807) is 6.07 Å². The highest BCUT2D eigenvalue weighted by atomic mass is 16.1. The maximum Gasteiger partial charge on any atom is 0.160 e. The molecule has 0 spiro atoms. The van der Waals surface area contributed by atoms with Gasteiger partial charge in [0.1, 0.15) is 0 Å². The molecule has 0 atom stereocenters. The zero-order valence-corrected chi connectivity index (χ0v) is 8.70. The Balaban J connectivity index is 3.54. The molecular formula is C12H11NO2. The molecule has 3 nitrogen and oxygen atoms in total. The first-order chi connectivity index (χ1) is 7.13. The molecule has 0 unspecified atom stereocenters. The molecule has 0 aromatic heterocycles. The summed E-state index contributed by atoms with van der Waals surface area (Å²) in [6.07, 6.45) is 1.25. The summed E-state index contributed by atoms with van der Waals surface area (Å²) < 4.78 is 0. The molecule has 0 aliphatic rings. The van der Waals surface area contributed by atoms with E-state index in [0.29, 0.717) is 29.4 Å². The minimum atomic E-state index is -0.140. The predicted molar refractivity (Wildman–Crippen MR) is 55.9 cm³/mol. The molecule has 0 saturated heterocycles. The number of hydrogen-bond acceptors (Lipinski definition) is 3. The van der Waals surface area contributed by atoms with Crippen LogP contribution in [-0.2, 0) is 6.42 Å². The fraction of sp³-hybridized carbons (Fsp3) is 0.250. The number of aryl methyl sites for hydroxylation is 1. The molecule has 0 N–H and O–H groups in total. The van der Waals surface area contributed by atoms with E-state index in [2.05, 4.69) is 0 Å². The largest absolute Gasteiger partial charge is 0.298 e. The van der Waals surface area contributed by atoms with E-state index in [-0.39, 0.29) is 5.78 Å². The molecule has 0 saturated carbocycles. The van der Waals surface area contributed by atoms with Gasteiger partial charge in [0.2, 0.25) is 0 Å². The van der Waals surface area contributed by atoms with Gasteiger partial charge in [-0.2, -0.15) is 5.26 Å². The lowest BCUT2D eigenvalue weighted by molar-refractivity contribution is 0.100. The Morgan fingerprint density at radius 3 is 2.60 bits per heavy atom. The van der Waals surface area contributed by atoms with Gasteiger partial charge in [0.15, 0.2) is 12.1 Å². The Hall–Kier alpha value is -1.95. The fourth-order valence-electron chi connectivity index (χ4n) is 1.59. The summed E-state index contributed by atoms with van der Waals surface area (Å²) in [4.78, 5) is 22.2. The van der Waals surface area contributed by atoms with Gasteiger partial charge in [-0.15, -0.1) is 0 Å². The van der Waals surface area contributed by atoms with Gasteiger partial charge in [0, 0.05) is 11.1 Å². The minimum absolute atomic E-state index is 0.140. The molecule has 1 rings (SSSR count). The van der Waals surface area contributed by atoms with Crippen molar-refractivity contribution in [3.8, 4) is 6.07 Å². The van der Waals surface area contributed by atoms with Crippen molar-refractivity contribution >= 4 is 12.1 Å². The molecule has 0 amide bonds. The SMILES string of the molecule is CCc1cc(C#N)cc(C=O)c1C(C)=O. The van der Waals surface area contributed by atoms with Crippen LogP contribution in [0.2, 0.25) is 0 Å². The summed E-state index contributed by atoms with van der Waals surface area (Å²) in [5.41, 5.74) is 1.91. The summed E-state index contributed by atoms with van der Waals surface area (Å²) >= 11 is 0. The second-order valence-corrected chi connectivity index (χ2v) is 3.24. The van der Waals surface area contributed by atoms with Gasteiger partial charge in [-0.1, -0.05) is 6.92 Å². The van der Waals surface area contributed by atoms with Crippen molar-refractivity contribution in [2.45, 2.75) is 20.3 Å². The topological polar surface area (TPSA) is 57.9 Å². The van der Waals surface area contributed by atoms with Crippen molar-refractivity contribution in [3.05, 3.63) is 34.4 Å². The van der Waals surface area contributed by atoms with Crippen LogP contribution in [0.15, 0.2) is 12.1 Å². The molecule has 1 aromatic carbocycles. The summed E-state index contributed by atoms with van der Waals surface area (Å²) in [5, 5.41) is 8.76. The average Bonchev–Trinajstić information content (AvgIpc) is 2.26. The average molecular weight is 201 g/mol. The van der Waals surface area contributed by atoms with Crippen LogP contribution in [0, 0.1) is 11.3 Å². The zero-order chi connectivity index (χ0) is 11.4. The monoisotopic (exact) mass is 201 g/mol. The van der Waals surface area contributed by atoms with Crippen molar-refractivity contribution in [3.63, 3.8) is 0 Å². The zero-order valence-electron chi connectivity index (χ0n) is 8.70. The second-order valence-electron chi connectivity index (χ2n) is 3.24. The van der Waals surface area contributed by atoms with Crippen LogP contribution in [-0.4, -0.2) is 12.1 Å². The van der Waals surface area contributed by atoms with Gasteiger partial charge in [-0.25, -0.2) is 0 Å². The molecule has 0 aliphatic heterocycles. The first-order valence-electron chi connectivity index (χ1n) is 4.67. The number of aldehydes is 1. The third-order valence-corrected chi connectivity index (χ3v) is 2.24. The van der Waals surface area contributed by atoms with E-state index >= 15 is 0 Å². The van der Waals surface area contributed by atoms with Gasteiger partial charge in [0.05, 0.1) is 11.6 Å². The maximum absolute atomic E-state index is 11.4. The van der Waals surface area contributed by atoms with Crippen LogP contribution in [0.3, 0.4) is 0 Å². The number of nitrogens with zero attached hydrogens (tertiary/aromatic N) is 1. The lowest BCUT2D eigenvalue weighted by Crippen LogP contribution is -2.05. The van der Waals surface area contributed by atoms with E-state index in [0.717, 1.165) is 5.56 Å². The molecule has 0 aliphatic carbocycles. The van der Waals surface area contributed by atoms with Gasteiger partial charge in [-0.05, 0) is 31.0 Å². The van der Waals surface area contributed by atoms with Crippen molar-refractivity contribution < 1.29 is 9.59 Å². The molecule has 76 valence electrons. The molecule has 1 aromatic rings. The van der Waals surface area contributed by atoms with E-state index in [1.807, 2.05) is 13.0 Å². The number of Topliss-reactive ketones (excluding diaryl/α,β-unsaturated/α-hetero) is 1. The Morgan fingerprint density at radius 1 is 1.53 bits per heavy atom. The number of carbonyl (C=O) groups is 2. The van der Waals surface area contributed by atoms with Crippen LogP contribution in [0.4, 0.5) is 0 Å². The number of nitriles is 1. The van der Waals surface area contributed by atoms with Gasteiger partial charge in [-0.3, -0.25) is 9.59 Å². The normalized spacial score (nSPS) is 9.40. The number of hydrogen-bond donors (Lipinski definition) is 0. The molecule has 3 heteroatoms. The smallest absolute Gasteiger partial charge is 0.160 e. The van der Waals surface area contributed by atoms with Crippen molar-refractivity contribution in [2.24, 2.45) is 0 Å². The minimum Gasteiger partial charge on any atom is -0.298 e. The lowest BCUT2D eigenvalue weighted by Gasteiger charge is -2.07. The molecule has 0 fully saturated rings. The standard InChI is InChI=1S/C12H11NO2/c1-3-10-4-9(6-13)5-11(7-14)12(10)8(2)15/h4-5,7H,3H2,1-2H3. The highest BCUT2D eigenvalue weighted by molar-refractivity contribution is 6.03. The van der Waals surface area contributed by atoms with Crippen molar-refractivity contribution in [1.29, 1.82) is 5.26 Å². The Morgan fingerprint density at radius 2 is 2.20 bits per heavy atom. The molecule has 0 heterocycles. The first kappa shape index (κ1) is 11.1. The number of ketones is 1. The van der Waals surface area contributed by atoms with Crippen LogP contribution in [0.1, 0.15) is 45.7 Å². The Bertz CT molecular complexity index is 455. The van der Waals surface area contributed by atoms with E-state index in [9.17, 15) is 9.59 Å². The second kappa shape index (κ2) is 4.52. The summed E-state index contributed by atoms with van der Waals surface area (Å²) in [6, 6.07) is 5.08. The third kappa shape index (κ3) is 2.10. The summed E-state index contributed by atoms with van der Waals surface area (Å²) in [6.45, 7) is 3.31. The number of benzene rings is 1. The van der Waals surface area contributed by atoms with E-state index < -0.39 is 0 Å². The van der Waals surface area contributed by atoms with Crippen LogP contribution < -0.4 is 0 Å². The Labute approximate surface area is 88.3 Å². The molecular weight excluding hydrogens is 190 g/mol. The van der Waals surface area contributed by atoms with Gasteiger partial charge >= 0.3 is 0 Å². The molecule has 0 bridgehead atoms. The Kier molecular flexibility index (Phi) is 3.35. The lowest BCUT2D eigenvalue weighted by atomic mass is 9.94.